The monoisotopic (exact) mass is 444 g/mol. The number of hydrogen-bond acceptors (Lipinski definition) is 3. The number of nitrogens with zero attached hydrogens (tertiary/aromatic N) is 2. The summed E-state index contributed by atoms with van der Waals surface area (Å²) in [5.74, 6) is -0.0986. The molecule has 0 aliphatic carbocycles. The van der Waals surface area contributed by atoms with Crippen molar-refractivity contribution in [3.8, 4) is 5.69 Å². The van der Waals surface area contributed by atoms with Gasteiger partial charge >= 0.3 is 0 Å². The number of nitrogens with one attached hydrogen (secondary N) is 2. The Morgan fingerprint density at radius 3 is 2.38 bits per heavy atom. The summed E-state index contributed by atoms with van der Waals surface area (Å²) in [7, 11) is 0. The Kier molecular flexibility index (Phi) is 7.00. The molecule has 1 aromatic heterocycles. The Morgan fingerprint density at radius 2 is 1.72 bits per heavy atom. The van der Waals surface area contributed by atoms with Crippen LogP contribution in [0.4, 0.5) is 5.69 Å². The van der Waals surface area contributed by atoms with Crippen molar-refractivity contribution >= 4 is 23.2 Å². The average Bonchev–Trinajstić information content (AvgIpc) is 3.25. The van der Waals surface area contributed by atoms with E-state index in [0.29, 0.717) is 6.54 Å². The van der Waals surface area contributed by atoms with Gasteiger partial charge in [0.15, 0.2) is 0 Å². The van der Waals surface area contributed by atoms with E-state index in [1.807, 2.05) is 96.6 Å². The largest absolute Gasteiger partial charge is 0.324 e. The maximum Gasteiger partial charge on any atom is 0.246 e. The molecule has 5 nitrogen and oxygen atoms in total. The van der Waals surface area contributed by atoms with Crippen LogP contribution in [0.3, 0.4) is 0 Å². The number of hydrogen-bond donors (Lipinski definition) is 2. The molecule has 6 heteroatoms. The van der Waals surface area contributed by atoms with Gasteiger partial charge in [-0.1, -0.05) is 54.1 Å². The van der Waals surface area contributed by atoms with Crippen LogP contribution in [-0.4, -0.2) is 22.0 Å². The molecule has 3 aromatic carbocycles. The molecule has 1 atom stereocenters. The second-order valence-corrected chi connectivity index (χ2v) is 8.07. The van der Waals surface area contributed by atoms with Crippen molar-refractivity contribution in [1.82, 2.24) is 14.9 Å². The molecule has 32 heavy (non-hydrogen) atoms. The first-order valence-corrected chi connectivity index (χ1v) is 10.9. The van der Waals surface area contributed by atoms with Gasteiger partial charge in [-0.05, 0) is 60.9 Å². The van der Waals surface area contributed by atoms with Crippen LogP contribution in [0.15, 0.2) is 91.4 Å². The van der Waals surface area contributed by atoms with Crippen LogP contribution in [0, 0.1) is 6.92 Å². The Labute approximate surface area is 193 Å². The Balaban J connectivity index is 1.43. The van der Waals surface area contributed by atoms with Gasteiger partial charge in [-0.3, -0.25) is 4.79 Å². The summed E-state index contributed by atoms with van der Waals surface area (Å²) in [6.07, 6.45) is 4.54. The lowest BCUT2D eigenvalue weighted by Crippen LogP contribution is -2.34. The van der Waals surface area contributed by atoms with Crippen LogP contribution in [0.5, 0.6) is 0 Å². The molecule has 1 heterocycles. The predicted molar refractivity (Wildman–Crippen MR) is 129 cm³/mol. The van der Waals surface area contributed by atoms with E-state index in [2.05, 4.69) is 15.6 Å². The number of imidazole rings is 1. The van der Waals surface area contributed by atoms with Gasteiger partial charge < -0.3 is 15.2 Å². The van der Waals surface area contributed by atoms with E-state index >= 15 is 0 Å². The Bertz CT molecular complexity index is 1150. The zero-order valence-electron chi connectivity index (χ0n) is 17.8. The molecule has 0 bridgehead atoms. The first kappa shape index (κ1) is 21.8. The standard InChI is InChI=1S/C26H25ClN4O/c1-19-17-31(18-29-19)24-13-11-23(12-14-24)30-26(32)25(21-5-3-2-4-6-21)28-16-15-20-7-9-22(27)10-8-20/h2-14,17-18,25,28H,15-16H2,1H3,(H,30,32). The number of amides is 1. The smallest absolute Gasteiger partial charge is 0.246 e. The minimum Gasteiger partial charge on any atom is -0.324 e. The first-order valence-electron chi connectivity index (χ1n) is 10.5. The highest BCUT2D eigenvalue weighted by atomic mass is 35.5. The third kappa shape index (κ3) is 5.63. The van der Waals surface area contributed by atoms with Crippen molar-refractivity contribution < 1.29 is 4.79 Å². The minimum atomic E-state index is -0.459. The van der Waals surface area contributed by atoms with Crippen LogP contribution in [0.25, 0.3) is 5.69 Å². The number of aryl methyl sites for hydroxylation is 1. The SMILES string of the molecule is Cc1cn(-c2ccc(NC(=O)C(NCCc3ccc(Cl)cc3)c3ccccc3)cc2)cn1. The summed E-state index contributed by atoms with van der Waals surface area (Å²) in [4.78, 5) is 17.4. The molecule has 0 spiro atoms. The molecular formula is C26H25ClN4O. The Hall–Kier alpha value is -3.41. The lowest BCUT2D eigenvalue weighted by Gasteiger charge is -2.19. The van der Waals surface area contributed by atoms with Crippen LogP contribution in [-0.2, 0) is 11.2 Å². The third-order valence-corrected chi connectivity index (χ3v) is 5.47. The van der Waals surface area contributed by atoms with Gasteiger partial charge in [0.1, 0.15) is 6.04 Å². The first-order chi connectivity index (χ1) is 15.6. The van der Waals surface area contributed by atoms with E-state index in [9.17, 15) is 4.79 Å². The van der Waals surface area contributed by atoms with Crippen molar-refractivity contribution in [3.05, 3.63) is 113 Å². The third-order valence-electron chi connectivity index (χ3n) is 5.22. The van der Waals surface area contributed by atoms with Crippen LogP contribution < -0.4 is 10.6 Å². The fourth-order valence-electron chi connectivity index (χ4n) is 3.51. The van der Waals surface area contributed by atoms with E-state index in [0.717, 1.165) is 34.1 Å². The van der Waals surface area contributed by atoms with Gasteiger partial charge in [-0.15, -0.1) is 0 Å². The Morgan fingerprint density at radius 1 is 1.00 bits per heavy atom. The number of benzene rings is 3. The zero-order chi connectivity index (χ0) is 22.3. The second-order valence-electron chi connectivity index (χ2n) is 7.63. The molecule has 0 radical (unpaired) electrons. The number of aromatic nitrogens is 2. The molecule has 0 saturated carbocycles. The van der Waals surface area contributed by atoms with E-state index in [1.165, 1.54) is 5.56 Å². The molecule has 2 N–H and O–H groups in total. The molecular weight excluding hydrogens is 420 g/mol. The average molecular weight is 445 g/mol. The lowest BCUT2D eigenvalue weighted by atomic mass is 10.1. The molecule has 0 aliphatic rings. The predicted octanol–water partition coefficient (Wildman–Crippen LogP) is 5.35. The molecule has 0 fully saturated rings. The number of rotatable bonds is 8. The summed E-state index contributed by atoms with van der Waals surface area (Å²) in [5, 5.41) is 7.16. The van der Waals surface area contributed by atoms with Gasteiger partial charge in [0.2, 0.25) is 5.91 Å². The number of anilines is 1. The number of carbonyl (C=O) groups is 1. The number of halogens is 1. The fourth-order valence-corrected chi connectivity index (χ4v) is 3.64. The highest BCUT2D eigenvalue weighted by Gasteiger charge is 2.20. The summed E-state index contributed by atoms with van der Waals surface area (Å²) in [6, 6.07) is 24.8. The van der Waals surface area contributed by atoms with Crippen LogP contribution in [0.1, 0.15) is 22.9 Å². The van der Waals surface area contributed by atoms with Crippen LogP contribution >= 0.6 is 11.6 Å². The zero-order valence-corrected chi connectivity index (χ0v) is 18.6. The van der Waals surface area contributed by atoms with Gasteiger partial charge in [0, 0.05) is 29.1 Å². The molecule has 4 aromatic rings. The van der Waals surface area contributed by atoms with E-state index < -0.39 is 6.04 Å². The van der Waals surface area contributed by atoms with E-state index in [1.54, 1.807) is 6.33 Å². The van der Waals surface area contributed by atoms with Gasteiger partial charge in [0.05, 0.1) is 12.0 Å². The number of carbonyl (C=O) groups excluding carboxylic acids is 1. The van der Waals surface area contributed by atoms with Crippen molar-refractivity contribution in [2.45, 2.75) is 19.4 Å². The highest BCUT2D eigenvalue weighted by molar-refractivity contribution is 6.30. The summed E-state index contributed by atoms with van der Waals surface area (Å²) < 4.78 is 1.95. The van der Waals surface area contributed by atoms with Gasteiger partial charge in [-0.2, -0.15) is 0 Å². The van der Waals surface area contributed by atoms with Crippen molar-refractivity contribution in [2.75, 3.05) is 11.9 Å². The molecule has 162 valence electrons. The topological polar surface area (TPSA) is 59.0 Å². The van der Waals surface area contributed by atoms with E-state index in [-0.39, 0.29) is 5.91 Å². The van der Waals surface area contributed by atoms with Gasteiger partial charge in [0.25, 0.3) is 0 Å². The van der Waals surface area contributed by atoms with Gasteiger partial charge in [-0.25, -0.2) is 4.98 Å². The van der Waals surface area contributed by atoms with Crippen LogP contribution in [0.2, 0.25) is 5.02 Å². The maximum atomic E-state index is 13.2. The molecule has 0 saturated heterocycles. The normalized spacial score (nSPS) is 11.8. The van der Waals surface area contributed by atoms with Crippen molar-refractivity contribution in [2.24, 2.45) is 0 Å². The fraction of sp³-hybridized carbons (Fsp3) is 0.154. The summed E-state index contributed by atoms with van der Waals surface area (Å²) in [6.45, 7) is 2.61. The molecule has 0 aliphatic heterocycles. The second kappa shape index (κ2) is 10.3. The highest BCUT2D eigenvalue weighted by Crippen LogP contribution is 2.18. The molecule has 1 amide bonds. The molecule has 4 rings (SSSR count). The van der Waals surface area contributed by atoms with Crippen molar-refractivity contribution in [3.63, 3.8) is 0 Å². The van der Waals surface area contributed by atoms with Crippen molar-refractivity contribution in [1.29, 1.82) is 0 Å². The summed E-state index contributed by atoms with van der Waals surface area (Å²) >= 11 is 5.97. The molecule has 1 unspecified atom stereocenters. The minimum absolute atomic E-state index is 0.0986. The quantitative estimate of drug-likeness (QED) is 0.385. The summed E-state index contributed by atoms with van der Waals surface area (Å²) in [5.41, 5.74) is 4.78. The maximum absolute atomic E-state index is 13.2. The van der Waals surface area contributed by atoms with E-state index in [4.69, 9.17) is 11.6 Å². The lowest BCUT2D eigenvalue weighted by molar-refractivity contribution is -0.118.